The zero-order valence-electron chi connectivity index (χ0n) is 9.61. The molecule has 0 aliphatic rings. The average Bonchev–Trinajstić information content (AvgIpc) is 2.81. The highest BCUT2D eigenvalue weighted by atomic mass is 16.5. The third kappa shape index (κ3) is 2.24. The molecule has 0 bridgehead atoms. The molecule has 5 heteroatoms. The highest BCUT2D eigenvalue weighted by Crippen LogP contribution is 2.22. The molecule has 0 saturated carbocycles. The van der Waals surface area contributed by atoms with Gasteiger partial charge in [0.05, 0.1) is 11.9 Å². The quantitative estimate of drug-likeness (QED) is 0.818. The van der Waals surface area contributed by atoms with Crippen molar-refractivity contribution in [1.82, 2.24) is 9.78 Å². The zero-order chi connectivity index (χ0) is 13.0. The Bertz CT molecular complexity index is 561. The summed E-state index contributed by atoms with van der Waals surface area (Å²) >= 11 is 0. The third-order valence-corrected chi connectivity index (χ3v) is 2.29. The lowest BCUT2D eigenvalue weighted by Gasteiger charge is -2.08. The van der Waals surface area contributed by atoms with Crippen molar-refractivity contribution >= 4 is 5.97 Å². The number of benzene rings is 1. The normalized spacial score (nSPS) is 10.0. The lowest BCUT2D eigenvalue weighted by Crippen LogP contribution is -2.06. The molecule has 0 spiro atoms. The highest BCUT2D eigenvalue weighted by Gasteiger charge is 2.18. The summed E-state index contributed by atoms with van der Waals surface area (Å²) in [5.74, 6) is -0.871. The minimum atomic E-state index is -1.07. The fourth-order valence-electron chi connectivity index (χ4n) is 1.51. The van der Waals surface area contributed by atoms with Gasteiger partial charge in [-0.25, -0.2) is 9.48 Å². The van der Waals surface area contributed by atoms with E-state index >= 15 is 0 Å². The van der Waals surface area contributed by atoms with E-state index in [0.717, 1.165) is 5.69 Å². The van der Waals surface area contributed by atoms with Crippen molar-refractivity contribution in [2.24, 2.45) is 0 Å². The SMILES string of the molecule is C=CCOc1c(C(=O)O)cnn1-c1ccccc1. The zero-order valence-corrected chi connectivity index (χ0v) is 9.61. The van der Waals surface area contributed by atoms with E-state index in [-0.39, 0.29) is 18.1 Å². The van der Waals surface area contributed by atoms with Crippen molar-refractivity contribution in [3.05, 3.63) is 54.7 Å². The number of hydrogen-bond acceptors (Lipinski definition) is 3. The van der Waals surface area contributed by atoms with Gasteiger partial charge in [-0.3, -0.25) is 0 Å². The average molecular weight is 244 g/mol. The first-order valence-corrected chi connectivity index (χ1v) is 5.34. The lowest BCUT2D eigenvalue weighted by atomic mass is 10.3. The first-order chi connectivity index (χ1) is 8.74. The molecule has 18 heavy (non-hydrogen) atoms. The van der Waals surface area contributed by atoms with Crippen LogP contribution in [0.5, 0.6) is 5.88 Å². The van der Waals surface area contributed by atoms with Gasteiger partial charge in [0, 0.05) is 0 Å². The summed E-state index contributed by atoms with van der Waals surface area (Å²) < 4.78 is 6.83. The van der Waals surface area contributed by atoms with Crippen molar-refractivity contribution in [3.8, 4) is 11.6 Å². The van der Waals surface area contributed by atoms with Crippen LogP contribution in [0.2, 0.25) is 0 Å². The van der Waals surface area contributed by atoms with E-state index in [1.54, 1.807) is 6.08 Å². The van der Waals surface area contributed by atoms with E-state index in [2.05, 4.69) is 11.7 Å². The fourth-order valence-corrected chi connectivity index (χ4v) is 1.51. The van der Waals surface area contributed by atoms with Gasteiger partial charge in [0.2, 0.25) is 5.88 Å². The second kappa shape index (κ2) is 5.18. The number of nitrogens with zero attached hydrogens (tertiary/aromatic N) is 2. The fraction of sp³-hybridized carbons (Fsp3) is 0.0769. The van der Waals surface area contributed by atoms with Gasteiger partial charge in [-0.1, -0.05) is 30.9 Å². The van der Waals surface area contributed by atoms with E-state index in [0.29, 0.717) is 0 Å². The number of rotatable bonds is 5. The molecule has 0 aliphatic heterocycles. The molecule has 1 N–H and O–H groups in total. The molecule has 5 nitrogen and oxygen atoms in total. The Balaban J connectivity index is 2.47. The van der Waals surface area contributed by atoms with Gasteiger partial charge in [0.25, 0.3) is 0 Å². The predicted octanol–water partition coefficient (Wildman–Crippen LogP) is 2.14. The summed E-state index contributed by atoms with van der Waals surface area (Å²) in [6.45, 7) is 3.76. The predicted molar refractivity (Wildman–Crippen MR) is 66.2 cm³/mol. The van der Waals surface area contributed by atoms with Gasteiger partial charge in [-0.15, -0.1) is 0 Å². The molecule has 0 radical (unpaired) electrons. The maximum absolute atomic E-state index is 11.1. The van der Waals surface area contributed by atoms with Gasteiger partial charge in [0.15, 0.2) is 0 Å². The molecular formula is C13H12N2O3. The molecule has 1 aromatic carbocycles. The summed E-state index contributed by atoms with van der Waals surface area (Å²) in [6.07, 6.45) is 2.82. The van der Waals surface area contributed by atoms with E-state index in [1.807, 2.05) is 30.3 Å². The molecule has 2 aromatic rings. The smallest absolute Gasteiger partial charge is 0.342 e. The number of para-hydroxylation sites is 1. The topological polar surface area (TPSA) is 64.3 Å². The van der Waals surface area contributed by atoms with E-state index in [9.17, 15) is 4.79 Å². The Kier molecular flexibility index (Phi) is 3.43. The molecule has 0 unspecified atom stereocenters. The minimum absolute atomic E-state index is 0.0284. The third-order valence-electron chi connectivity index (χ3n) is 2.29. The first-order valence-electron chi connectivity index (χ1n) is 5.34. The number of carboxylic acids is 1. The number of hydrogen-bond donors (Lipinski definition) is 1. The molecule has 92 valence electrons. The van der Waals surface area contributed by atoms with Gasteiger partial charge in [-0.05, 0) is 12.1 Å². The van der Waals surface area contributed by atoms with E-state index in [4.69, 9.17) is 9.84 Å². The van der Waals surface area contributed by atoms with Crippen molar-refractivity contribution in [2.75, 3.05) is 6.61 Å². The first kappa shape index (κ1) is 11.9. The Labute approximate surface area is 104 Å². The van der Waals surface area contributed by atoms with Crippen LogP contribution in [-0.2, 0) is 0 Å². The van der Waals surface area contributed by atoms with Crippen molar-refractivity contribution in [2.45, 2.75) is 0 Å². The summed E-state index contributed by atoms with van der Waals surface area (Å²) in [7, 11) is 0. The maximum Gasteiger partial charge on any atom is 0.342 e. The Morgan fingerprint density at radius 2 is 2.17 bits per heavy atom. The highest BCUT2D eigenvalue weighted by molar-refractivity contribution is 5.90. The summed E-state index contributed by atoms with van der Waals surface area (Å²) in [6, 6.07) is 9.19. The summed E-state index contributed by atoms with van der Waals surface area (Å²) in [5.41, 5.74) is 0.768. The monoisotopic (exact) mass is 244 g/mol. The van der Waals surface area contributed by atoms with Gasteiger partial charge in [-0.2, -0.15) is 5.10 Å². The molecule has 2 rings (SSSR count). The number of carboxylic acid groups (broad SMARTS) is 1. The number of carbonyl (C=O) groups is 1. The maximum atomic E-state index is 11.1. The van der Waals surface area contributed by atoms with Crippen LogP contribution >= 0.6 is 0 Å². The molecular weight excluding hydrogens is 232 g/mol. The summed E-state index contributed by atoms with van der Waals surface area (Å²) in [4.78, 5) is 11.1. The van der Waals surface area contributed by atoms with E-state index in [1.165, 1.54) is 10.9 Å². The minimum Gasteiger partial charge on any atom is -0.477 e. The summed E-state index contributed by atoms with van der Waals surface area (Å²) in [5, 5.41) is 13.1. The van der Waals surface area contributed by atoms with Gasteiger partial charge >= 0.3 is 5.97 Å². The molecule has 0 saturated heterocycles. The van der Waals surface area contributed by atoms with Crippen LogP contribution in [0.3, 0.4) is 0 Å². The van der Waals surface area contributed by atoms with Crippen molar-refractivity contribution < 1.29 is 14.6 Å². The second-order valence-corrected chi connectivity index (χ2v) is 3.52. The Hall–Kier alpha value is -2.56. The van der Waals surface area contributed by atoms with Crippen molar-refractivity contribution in [3.63, 3.8) is 0 Å². The molecule has 0 atom stereocenters. The van der Waals surface area contributed by atoms with Crippen LogP contribution in [0.25, 0.3) is 5.69 Å². The van der Waals surface area contributed by atoms with Crippen LogP contribution in [0.1, 0.15) is 10.4 Å². The molecule has 1 aromatic heterocycles. The van der Waals surface area contributed by atoms with E-state index < -0.39 is 5.97 Å². The number of aromatic carboxylic acids is 1. The van der Waals surface area contributed by atoms with Crippen LogP contribution in [0, 0.1) is 0 Å². The van der Waals surface area contributed by atoms with Crippen LogP contribution in [-0.4, -0.2) is 27.5 Å². The van der Waals surface area contributed by atoms with Crippen LogP contribution < -0.4 is 4.74 Å². The lowest BCUT2D eigenvalue weighted by molar-refractivity contribution is 0.0692. The molecule has 0 fully saturated rings. The molecule has 0 aliphatic carbocycles. The standard InChI is InChI=1S/C13H12N2O3/c1-2-8-18-12-11(13(16)17)9-14-15(12)10-6-4-3-5-7-10/h2-7,9H,1,8H2,(H,16,17). The van der Waals surface area contributed by atoms with Crippen molar-refractivity contribution in [1.29, 1.82) is 0 Å². The van der Waals surface area contributed by atoms with Gasteiger partial charge in [0.1, 0.15) is 12.2 Å². The molecule has 0 amide bonds. The largest absolute Gasteiger partial charge is 0.477 e. The van der Waals surface area contributed by atoms with Crippen LogP contribution in [0.4, 0.5) is 0 Å². The Morgan fingerprint density at radius 1 is 1.44 bits per heavy atom. The number of aromatic nitrogens is 2. The number of ether oxygens (including phenoxy) is 1. The second-order valence-electron chi connectivity index (χ2n) is 3.52. The molecule has 1 heterocycles. The van der Waals surface area contributed by atoms with Gasteiger partial charge < -0.3 is 9.84 Å². The van der Waals surface area contributed by atoms with Crippen LogP contribution in [0.15, 0.2) is 49.2 Å². The Morgan fingerprint density at radius 3 is 2.78 bits per heavy atom.